The highest BCUT2D eigenvalue weighted by atomic mass is 32.2. The van der Waals surface area contributed by atoms with Crippen LogP contribution in [0.5, 0.6) is 5.75 Å². The molecular weight excluding hydrogens is 454 g/mol. The summed E-state index contributed by atoms with van der Waals surface area (Å²) in [7, 11) is 0.361. The lowest BCUT2D eigenvalue weighted by atomic mass is 9.81. The van der Waals surface area contributed by atoms with Gasteiger partial charge in [-0.05, 0) is 31.0 Å². The van der Waals surface area contributed by atoms with E-state index in [2.05, 4.69) is 5.32 Å². The Bertz CT molecular complexity index is 1050. The van der Waals surface area contributed by atoms with E-state index >= 15 is 0 Å². The molecule has 2 atom stereocenters. The topological polar surface area (TPSA) is 139 Å². The van der Waals surface area contributed by atoms with Gasteiger partial charge in [-0.2, -0.15) is 0 Å². The first-order chi connectivity index (χ1) is 15.6. The molecular formula is C21H27N3O8S. The summed E-state index contributed by atoms with van der Waals surface area (Å²) in [6.45, 7) is -1.23. The van der Waals surface area contributed by atoms with Crippen LogP contribution in [-0.2, 0) is 33.9 Å². The van der Waals surface area contributed by atoms with Crippen molar-refractivity contribution in [2.45, 2.75) is 30.6 Å². The molecule has 0 aromatic heterocycles. The Morgan fingerprint density at radius 3 is 2.27 bits per heavy atom. The number of nitrogens with one attached hydrogen (secondary N) is 1. The molecule has 33 heavy (non-hydrogen) atoms. The minimum atomic E-state index is -3.75. The van der Waals surface area contributed by atoms with Crippen LogP contribution in [0.25, 0.3) is 0 Å². The van der Waals surface area contributed by atoms with E-state index in [0.717, 1.165) is 22.0 Å². The van der Waals surface area contributed by atoms with Gasteiger partial charge in [0.1, 0.15) is 12.3 Å². The zero-order chi connectivity index (χ0) is 24.3. The maximum atomic E-state index is 12.4. The van der Waals surface area contributed by atoms with Crippen molar-refractivity contribution < 1.29 is 37.1 Å². The van der Waals surface area contributed by atoms with Gasteiger partial charge in [-0.25, -0.2) is 12.7 Å². The van der Waals surface area contributed by atoms with E-state index in [4.69, 9.17) is 9.47 Å². The zero-order valence-corrected chi connectivity index (χ0v) is 19.5. The molecule has 3 rings (SSSR count). The molecule has 0 spiro atoms. The number of imide groups is 1. The quantitative estimate of drug-likeness (QED) is 0.421. The van der Waals surface area contributed by atoms with Crippen molar-refractivity contribution in [1.29, 1.82) is 0 Å². The van der Waals surface area contributed by atoms with Gasteiger partial charge in [0.2, 0.25) is 21.8 Å². The normalized spacial score (nSPS) is 20.5. The summed E-state index contributed by atoms with van der Waals surface area (Å²) < 4.78 is 35.8. The lowest BCUT2D eigenvalue weighted by molar-refractivity contribution is -0.154. The molecule has 0 radical (unpaired) electrons. The fourth-order valence-corrected chi connectivity index (χ4v) is 4.98. The highest BCUT2D eigenvalue weighted by Gasteiger charge is 2.48. The number of sulfonamides is 1. The zero-order valence-electron chi connectivity index (χ0n) is 18.7. The van der Waals surface area contributed by atoms with E-state index in [1.165, 1.54) is 39.4 Å². The molecule has 1 aliphatic carbocycles. The van der Waals surface area contributed by atoms with E-state index in [1.54, 1.807) is 0 Å². The van der Waals surface area contributed by atoms with Gasteiger partial charge in [-0.15, -0.1) is 0 Å². The number of rotatable bonds is 8. The van der Waals surface area contributed by atoms with Crippen molar-refractivity contribution in [3.8, 4) is 5.75 Å². The van der Waals surface area contributed by atoms with Crippen molar-refractivity contribution in [2.24, 2.45) is 11.8 Å². The van der Waals surface area contributed by atoms with Crippen LogP contribution in [0.15, 0.2) is 23.1 Å². The van der Waals surface area contributed by atoms with Crippen LogP contribution in [-0.4, -0.2) is 75.7 Å². The smallest absolute Gasteiger partial charge is 0.326 e. The number of amides is 3. The fourth-order valence-electron chi connectivity index (χ4n) is 4.05. The van der Waals surface area contributed by atoms with Gasteiger partial charge in [-0.1, -0.05) is 12.8 Å². The number of benzene rings is 1. The number of carbonyl (C=O) groups excluding carboxylic acids is 4. The van der Waals surface area contributed by atoms with E-state index < -0.39 is 35.1 Å². The molecule has 3 amide bonds. The second kappa shape index (κ2) is 9.87. The van der Waals surface area contributed by atoms with Crippen molar-refractivity contribution >= 4 is 39.4 Å². The third kappa shape index (κ3) is 5.17. The largest absolute Gasteiger partial charge is 0.495 e. The summed E-state index contributed by atoms with van der Waals surface area (Å²) >= 11 is 0. The van der Waals surface area contributed by atoms with E-state index in [1.807, 2.05) is 0 Å². The minimum Gasteiger partial charge on any atom is -0.495 e. The predicted molar refractivity (Wildman–Crippen MR) is 116 cm³/mol. The second-order valence-electron chi connectivity index (χ2n) is 8.12. The summed E-state index contributed by atoms with van der Waals surface area (Å²) in [5.41, 5.74) is 0.0791. The van der Waals surface area contributed by atoms with Crippen LogP contribution >= 0.6 is 0 Å². The number of likely N-dealkylation sites (tertiary alicyclic amines) is 1. The molecule has 0 bridgehead atoms. The maximum Gasteiger partial charge on any atom is 0.326 e. The Morgan fingerprint density at radius 2 is 1.73 bits per heavy atom. The van der Waals surface area contributed by atoms with Gasteiger partial charge in [0, 0.05) is 14.1 Å². The molecule has 2 fully saturated rings. The standard InChI is InChI=1S/C21H27N3O8S/c1-23(2)33(29,30)13-8-9-17(31-3)16(10-13)22-18(25)12-32-19(26)11-24-20(27)14-6-4-5-7-15(14)21(24)28/h8-10,14-15H,4-7,11-12H2,1-3H3,(H,22,25). The minimum absolute atomic E-state index is 0.0619. The van der Waals surface area contributed by atoms with E-state index in [0.29, 0.717) is 12.8 Å². The molecule has 2 unspecified atom stereocenters. The molecule has 1 saturated heterocycles. The third-order valence-electron chi connectivity index (χ3n) is 5.81. The van der Waals surface area contributed by atoms with Crippen molar-refractivity contribution in [3.63, 3.8) is 0 Å². The second-order valence-corrected chi connectivity index (χ2v) is 10.3. The summed E-state index contributed by atoms with van der Waals surface area (Å²) in [6.07, 6.45) is 3.01. The number of carbonyl (C=O) groups is 4. The molecule has 1 aliphatic heterocycles. The number of hydrogen-bond acceptors (Lipinski definition) is 8. The summed E-state index contributed by atoms with van der Waals surface area (Å²) in [6, 6.07) is 3.96. The van der Waals surface area contributed by atoms with Gasteiger partial charge < -0.3 is 14.8 Å². The molecule has 1 saturated carbocycles. The molecule has 11 nitrogen and oxygen atoms in total. The molecule has 1 aromatic carbocycles. The molecule has 12 heteroatoms. The maximum absolute atomic E-state index is 12.4. The summed E-state index contributed by atoms with van der Waals surface area (Å²) in [5.74, 6) is -2.90. The third-order valence-corrected chi connectivity index (χ3v) is 7.62. The Labute approximate surface area is 192 Å². The Hall–Kier alpha value is -2.99. The van der Waals surface area contributed by atoms with Crippen LogP contribution in [0.3, 0.4) is 0 Å². The first-order valence-electron chi connectivity index (χ1n) is 10.5. The monoisotopic (exact) mass is 481 g/mol. The molecule has 1 heterocycles. The number of hydrogen-bond donors (Lipinski definition) is 1. The molecule has 2 aliphatic rings. The predicted octanol–water partition coefficient (Wildman–Crippen LogP) is 0.602. The van der Waals surface area contributed by atoms with Crippen molar-refractivity contribution in [1.82, 2.24) is 9.21 Å². The van der Waals surface area contributed by atoms with Crippen molar-refractivity contribution in [2.75, 3.05) is 39.7 Å². The number of nitrogens with zero attached hydrogens (tertiary/aromatic N) is 2. The SMILES string of the molecule is COc1ccc(S(=O)(=O)N(C)C)cc1NC(=O)COC(=O)CN1C(=O)C2CCCCC2C1=O. The number of ether oxygens (including phenoxy) is 2. The highest BCUT2D eigenvalue weighted by molar-refractivity contribution is 7.89. The van der Waals surface area contributed by atoms with Gasteiger partial charge in [0.05, 0.1) is 29.5 Å². The average molecular weight is 482 g/mol. The molecule has 1 aromatic rings. The van der Waals surface area contributed by atoms with Crippen LogP contribution in [0.2, 0.25) is 0 Å². The van der Waals surface area contributed by atoms with Crippen LogP contribution < -0.4 is 10.1 Å². The first-order valence-corrected chi connectivity index (χ1v) is 11.9. The van der Waals surface area contributed by atoms with Gasteiger partial charge in [0.15, 0.2) is 6.61 Å². The number of anilines is 1. The number of fused-ring (bicyclic) bond motifs is 1. The van der Waals surface area contributed by atoms with Crippen LogP contribution in [0.4, 0.5) is 5.69 Å². The Balaban J connectivity index is 1.60. The van der Waals surface area contributed by atoms with Crippen molar-refractivity contribution in [3.05, 3.63) is 18.2 Å². The lowest BCUT2D eigenvalue weighted by Gasteiger charge is -2.19. The van der Waals surface area contributed by atoms with Gasteiger partial charge in [0.25, 0.3) is 5.91 Å². The molecule has 180 valence electrons. The van der Waals surface area contributed by atoms with E-state index in [9.17, 15) is 27.6 Å². The molecule has 1 N–H and O–H groups in total. The van der Waals surface area contributed by atoms with Gasteiger partial charge in [-0.3, -0.25) is 24.1 Å². The summed E-state index contributed by atoms with van der Waals surface area (Å²) in [4.78, 5) is 50.2. The summed E-state index contributed by atoms with van der Waals surface area (Å²) in [5, 5.41) is 2.45. The van der Waals surface area contributed by atoms with E-state index in [-0.39, 0.29) is 40.0 Å². The van der Waals surface area contributed by atoms with Crippen LogP contribution in [0.1, 0.15) is 25.7 Å². The Morgan fingerprint density at radius 1 is 1.12 bits per heavy atom. The number of esters is 1. The Kier molecular flexibility index (Phi) is 7.38. The average Bonchev–Trinajstić information content (AvgIpc) is 3.02. The van der Waals surface area contributed by atoms with Gasteiger partial charge >= 0.3 is 5.97 Å². The fraction of sp³-hybridized carbons (Fsp3) is 0.524. The van der Waals surface area contributed by atoms with Crippen LogP contribution in [0, 0.1) is 11.8 Å². The first kappa shape index (κ1) is 24.6. The highest BCUT2D eigenvalue weighted by Crippen LogP contribution is 2.37. The lowest BCUT2D eigenvalue weighted by Crippen LogP contribution is -2.37. The number of methoxy groups -OCH3 is 1.